The first-order chi connectivity index (χ1) is 9.70. The summed E-state index contributed by atoms with van der Waals surface area (Å²) < 4.78 is 0. The van der Waals surface area contributed by atoms with Crippen LogP contribution in [0, 0.1) is 6.92 Å². The zero-order valence-electron chi connectivity index (χ0n) is 11.8. The molecule has 3 nitrogen and oxygen atoms in total. The van der Waals surface area contributed by atoms with Gasteiger partial charge in [-0.2, -0.15) is 0 Å². The van der Waals surface area contributed by atoms with Crippen LogP contribution in [0.25, 0.3) is 10.4 Å². The second kappa shape index (κ2) is 5.37. The third kappa shape index (κ3) is 2.24. The SMILES string of the molecule is CCC1CCN1C(=O)c1ccc(-c2ccncc2C)s1. The fourth-order valence-corrected chi connectivity index (χ4v) is 3.67. The van der Waals surface area contributed by atoms with Crippen LogP contribution in [0.4, 0.5) is 0 Å². The molecule has 2 aromatic heterocycles. The van der Waals surface area contributed by atoms with Crippen LogP contribution in [0.5, 0.6) is 0 Å². The lowest BCUT2D eigenvalue weighted by molar-refractivity contribution is 0.0460. The van der Waals surface area contributed by atoms with Crippen molar-refractivity contribution >= 4 is 17.2 Å². The molecular formula is C16H18N2OS. The Kier molecular flexibility index (Phi) is 3.57. The smallest absolute Gasteiger partial charge is 0.264 e. The van der Waals surface area contributed by atoms with Gasteiger partial charge in [-0.3, -0.25) is 9.78 Å². The summed E-state index contributed by atoms with van der Waals surface area (Å²) >= 11 is 1.58. The molecule has 104 valence electrons. The Morgan fingerprint density at radius 1 is 1.45 bits per heavy atom. The Morgan fingerprint density at radius 3 is 2.95 bits per heavy atom. The number of thiophene rings is 1. The third-order valence-electron chi connectivity index (χ3n) is 3.98. The first-order valence-electron chi connectivity index (χ1n) is 7.02. The summed E-state index contributed by atoms with van der Waals surface area (Å²) in [5, 5.41) is 0. The molecular weight excluding hydrogens is 268 g/mol. The van der Waals surface area contributed by atoms with Crippen molar-refractivity contribution in [3.63, 3.8) is 0 Å². The molecule has 3 rings (SSSR count). The van der Waals surface area contributed by atoms with Gasteiger partial charge >= 0.3 is 0 Å². The minimum atomic E-state index is 0.186. The molecule has 20 heavy (non-hydrogen) atoms. The Bertz CT molecular complexity index is 633. The number of aryl methyl sites for hydroxylation is 1. The number of amides is 1. The van der Waals surface area contributed by atoms with Gasteiger partial charge in [0.25, 0.3) is 5.91 Å². The number of carbonyl (C=O) groups excluding carboxylic acids is 1. The maximum Gasteiger partial charge on any atom is 0.264 e. The van der Waals surface area contributed by atoms with Gasteiger partial charge in [0.2, 0.25) is 0 Å². The number of carbonyl (C=O) groups is 1. The topological polar surface area (TPSA) is 33.2 Å². The van der Waals surface area contributed by atoms with Gasteiger partial charge in [-0.05, 0) is 49.1 Å². The standard InChI is InChI=1S/C16H18N2OS/c1-3-12-7-9-18(12)16(19)15-5-4-14(20-15)13-6-8-17-10-11(13)2/h4-6,8,10,12H,3,7,9H2,1-2H3. The highest BCUT2D eigenvalue weighted by Gasteiger charge is 2.31. The van der Waals surface area contributed by atoms with Gasteiger partial charge in [-0.1, -0.05) is 6.92 Å². The fourth-order valence-electron chi connectivity index (χ4n) is 2.62. The monoisotopic (exact) mass is 286 g/mol. The van der Waals surface area contributed by atoms with Gasteiger partial charge < -0.3 is 4.90 Å². The van der Waals surface area contributed by atoms with E-state index < -0.39 is 0 Å². The lowest BCUT2D eigenvalue weighted by atomic mass is 10.0. The van der Waals surface area contributed by atoms with Gasteiger partial charge in [-0.15, -0.1) is 11.3 Å². The van der Waals surface area contributed by atoms with E-state index in [0.717, 1.165) is 34.7 Å². The van der Waals surface area contributed by atoms with E-state index >= 15 is 0 Å². The Labute approximate surface area is 123 Å². The molecule has 1 saturated heterocycles. The summed E-state index contributed by atoms with van der Waals surface area (Å²) in [6.07, 6.45) is 5.85. The van der Waals surface area contributed by atoms with Crippen molar-refractivity contribution in [2.24, 2.45) is 0 Å². The quantitative estimate of drug-likeness (QED) is 0.861. The summed E-state index contributed by atoms with van der Waals surface area (Å²) in [4.78, 5) is 20.5. The molecule has 0 aliphatic carbocycles. The molecule has 0 spiro atoms. The summed E-state index contributed by atoms with van der Waals surface area (Å²) in [5.41, 5.74) is 2.31. The van der Waals surface area contributed by atoms with Crippen LogP contribution in [0.1, 0.15) is 35.0 Å². The molecule has 1 aliphatic rings. The first-order valence-corrected chi connectivity index (χ1v) is 7.84. The number of hydrogen-bond donors (Lipinski definition) is 0. The van der Waals surface area contributed by atoms with Crippen molar-refractivity contribution in [3.8, 4) is 10.4 Å². The van der Waals surface area contributed by atoms with Crippen LogP contribution in [0.3, 0.4) is 0 Å². The molecule has 1 atom stereocenters. The number of likely N-dealkylation sites (tertiary alicyclic amines) is 1. The highest BCUT2D eigenvalue weighted by atomic mass is 32.1. The largest absolute Gasteiger partial charge is 0.335 e. The predicted octanol–water partition coefficient (Wildman–Crippen LogP) is 3.74. The molecule has 4 heteroatoms. The number of hydrogen-bond acceptors (Lipinski definition) is 3. The van der Waals surface area contributed by atoms with Crippen molar-refractivity contribution in [2.75, 3.05) is 6.54 Å². The summed E-state index contributed by atoms with van der Waals surface area (Å²) in [6, 6.07) is 6.44. The van der Waals surface area contributed by atoms with E-state index in [-0.39, 0.29) is 5.91 Å². The van der Waals surface area contributed by atoms with E-state index in [0.29, 0.717) is 6.04 Å². The highest BCUT2D eigenvalue weighted by molar-refractivity contribution is 7.17. The average Bonchev–Trinajstić information content (AvgIpc) is 2.88. The van der Waals surface area contributed by atoms with Crippen LogP contribution in [0.2, 0.25) is 0 Å². The number of pyridine rings is 1. The first kappa shape index (κ1) is 13.3. The molecule has 0 radical (unpaired) electrons. The van der Waals surface area contributed by atoms with E-state index in [1.54, 1.807) is 17.5 Å². The van der Waals surface area contributed by atoms with E-state index in [9.17, 15) is 4.79 Å². The minimum absolute atomic E-state index is 0.186. The van der Waals surface area contributed by atoms with Crippen LogP contribution in [-0.2, 0) is 0 Å². The normalized spacial score (nSPS) is 17.9. The van der Waals surface area contributed by atoms with Crippen LogP contribution in [-0.4, -0.2) is 28.4 Å². The average molecular weight is 286 g/mol. The van der Waals surface area contributed by atoms with Crippen molar-refractivity contribution in [3.05, 3.63) is 41.0 Å². The van der Waals surface area contributed by atoms with Crippen LogP contribution < -0.4 is 0 Å². The Morgan fingerprint density at radius 2 is 2.30 bits per heavy atom. The number of nitrogens with zero attached hydrogens (tertiary/aromatic N) is 2. The van der Waals surface area contributed by atoms with Gasteiger partial charge in [0.05, 0.1) is 4.88 Å². The van der Waals surface area contributed by atoms with E-state index in [2.05, 4.69) is 11.9 Å². The molecule has 1 fully saturated rings. The van der Waals surface area contributed by atoms with Gasteiger partial charge in [0, 0.05) is 29.9 Å². The fraction of sp³-hybridized carbons (Fsp3) is 0.375. The molecule has 1 unspecified atom stereocenters. The van der Waals surface area contributed by atoms with E-state index in [1.165, 1.54) is 5.56 Å². The Balaban J connectivity index is 1.84. The van der Waals surface area contributed by atoms with E-state index in [4.69, 9.17) is 0 Å². The highest BCUT2D eigenvalue weighted by Crippen LogP contribution is 2.32. The van der Waals surface area contributed by atoms with Crippen molar-refractivity contribution in [1.82, 2.24) is 9.88 Å². The molecule has 0 aromatic carbocycles. The van der Waals surface area contributed by atoms with Crippen molar-refractivity contribution in [2.45, 2.75) is 32.7 Å². The molecule has 0 saturated carbocycles. The molecule has 1 amide bonds. The zero-order chi connectivity index (χ0) is 14.1. The summed E-state index contributed by atoms with van der Waals surface area (Å²) in [7, 11) is 0. The molecule has 2 aromatic rings. The van der Waals surface area contributed by atoms with Gasteiger partial charge in [0.15, 0.2) is 0 Å². The minimum Gasteiger partial charge on any atom is -0.335 e. The maximum absolute atomic E-state index is 12.4. The second-order valence-corrected chi connectivity index (χ2v) is 6.29. The third-order valence-corrected chi connectivity index (χ3v) is 5.09. The van der Waals surface area contributed by atoms with Gasteiger partial charge in [-0.25, -0.2) is 0 Å². The summed E-state index contributed by atoms with van der Waals surface area (Å²) in [6.45, 7) is 5.09. The maximum atomic E-state index is 12.4. The lowest BCUT2D eigenvalue weighted by Gasteiger charge is -2.40. The summed E-state index contributed by atoms with van der Waals surface area (Å²) in [5.74, 6) is 0.186. The van der Waals surface area contributed by atoms with E-state index in [1.807, 2.05) is 36.2 Å². The predicted molar refractivity (Wildman–Crippen MR) is 82.0 cm³/mol. The second-order valence-electron chi connectivity index (χ2n) is 5.20. The zero-order valence-corrected chi connectivity index (χ0v) is 12.6. The lowest BCUT2D eigenvalue weighted by Crippen LogP contribution is -2.50. The van der Waals surface area contributed by atoms with Crippen LogP contribution >= 0.6 is 11.3 Å². The molecule has 0 bridgehead atoms. The van der Waals surface area contributed by atoms with Crippen molar-refractivity contribution < 1.29 is 4.79 Å². The van der Waals surface area contributed by atoms with Gasteiger partial charge in [0.1, 0.15) is 0 Å². The van der Waals surface area contributed by atoms with Crippen LogP contribution in [0.15, 0.2) is 30.6 Å². The molecule has 0 N–H and O–H groups in total. The Hall–Kier alpha value is -1.68. The number of aromatic nitrogens is 1. The number of rotatable bonds is 3. The molecule has 1 aliphatic heterocycles. The molecule has 3 heterocycles. The van der Waals surface area contributed by atoms with Crippen molar-refractivity contribution in [1.29, 1.82) is 0 Å².